The second-order valence-corrected chi connectivity index (χ2v) is 7.85. The van der Waals surface area contributed by atoms with Crippen LogP contribution in [0, 0.1) is 6.92 Å². The molecule has 35 heavy (non-hydrogen) atoms. The van der Waals surface area contributed by atoms with E-state index in [0.717, 1.165) is 10.2 Å². The Morgan fingerprint density at radius 3 is 2.49 bits per heavy atom. The highest BCUT2D eigenvalue weighted by Crippen LogP contribution is 2.28. The average Bonchev–Trinajstić information content (AvgIpc) is 3.18. The predicted molar refractivity (Wildman–Crippen MR) is 132 cm³/mol. The summed E-state index contributed by atoms with van der Waals surface area (Å²) >= 11 is 0. The molecule has 0 radical (unpaired) electrons. The van der Waals surface area contributed by atoms with Gasteiger partial charge in [-0.3, -0.25) is 4.79 Å². The number of aryl methyl sites for hydroxylation is 1. The molecule has 1 N–H and O–H groups in total. The van der Waals surface area contributed by atoms with Gasteiger partial charge in [0, 0.05) is 0 Å². The Morgan fingerprint density at radius 2 is 1.69 bits per heavy atom. The van der Waals surface area contributed by atoms with Crippen LogP contribution < -0.4 is 20.5 Å². The number of amides is 1. The molecular weight excluding hydrogens is 446 g/mol. The van der Waals surface area contributed by atoms with Gasteiger partial charge >= 0.3 is 5.69 Å². The summed E-state index contributed by atoms with van der Waals surface area (Å²) in [6.45, 7) is 3.95. The molecule has 5 rings (SSSR count). The number of benzene rings is 3. The summed E-state index contributed by atoms with van der Waals surface area (Å²) in [4.78, 5) is 30.8. The zero-order valence-electron chi connectivity index (χ0n) is 19.3. The number of hydrogen-bond acceptors (Lipinski definition) is 6. The van der Waals surface area contributed by atoms with Crippen molar-refractivity contribution in [2.24, 2.45) is 0 Å². The Labute approximate surface area is 200 Å². The lowest BCUT2D eigenvalue weighted by atomic mass is 10.2. The number of carbonyl (C=O) groups excluding carboxylic acids is 1. The fraction of sp³-hybridized carbons (Fsp3) is 0.154. The molecule has 9 heteroatoms. The molecule has 0 fully saturated rings. The molecule has 0 aliphatic heterocycles. The van der Waals surface area contributed by atoms with Crippen molar-refractivity contribution in [1.82, 2.24) is 19.2 Å². The van der Waals surface area contributed by atoms with Crippen molar-refractivity contribution in [3.8, 4) is 17.4 Å². The largest absolute Gasteiger partial charge is 0.492 e. The number of hydrogen-bond donors (Lipinski definition) is 1. The van der Waals surface area contributed by atoms with Crippen LogP contribution in [0.2, 0.25) is 0 Å². The van der Waals surface area contributed by atoms with E-state index in [9.17, 15) is 9.59 Å². The van der Waals surface area contributed by atoms with Crippen LogP contribution in [0.1, 0.15) is 12.5 Å². The number of para-hydroxylation sites is 5. The molecule has 0 unspecified atom stereocenters. The molecular formula is C26H23N5O4. The van der Waals surface area contributed by atoms with E-state index >= 15 is 0 Å². The molecule has 0 aliphatic carbocycles. The third-order valence-corrected chi connectivity index (χ3v) is 5.43. The van der Waals surface area contributed by atoms with Gasteiger partial charge in [-0.15, -0.1) is 5.10 Å². The van der Waals surface area contributed by atoms with Crippen molar-refractivity contribution >= 4 is 28.3 Å². The van der Waals surface area contributed by atoms with Gasteiger partial charge in [-0.25, -0.2) is 18.9 Å². The Morgan fingerprint density at radius 1 is 0.971 bits per heavy atom. The number of carbonyl (C=O) groups is 1. The molecule has 9 nitrogen and oxygen atoms in total. The minimum Gasteiger partial charge on any atom is -0.492 e. The van der Waals surface area contributed by atoms with Gasteiger partial charge in [-0.2, -0.15) is 0 Å². The van der Waals surface area contributed by atoms with E-state index in [0.29, 0.717) is 34.8 Å². The summed E-state index contributed by atoms with van der Waals surface area (Å²) in [6, 6.07) is 21.8. The number of aromatic nitrogens is 4. The molecule has 2 aromatic heterocycles. The lowest BCUT2D eigenvalue weighted by molar-refractivity contribution is -0.117. The van der Waals surface area contributed by atoms with Crippen LogP contribution in [-0.4, -0.2) is 31.7 Å². The highest BCUT2D eigenvalue weighted by Gasteiger charge is 2.20. The Kier molecular flexibility index (Phi) is 5.88. The fourth-order valence-electron chi connectivity index (χ4n) is 3.79. The number of anilines is 1. The highest BCUT2D eigenvalue weighted by molar-refractivity contribution is 5.92. The maximum atomic E-state index is 13.3. The number of fused-ring (bicyclic) bond motifs is 3. The summed E-state index contributed by atoms with van der Waals surface area (Å²) < 4.78 is 14.2. The fourth-order valence-corrected chi connectivity index (χ4v) is 3.79. The lowest BCUT2D eigenvalue weighted by Crippen LogP contribution is -2.28. The Bertz CT molecular complexity index is 1610. The SMILES string of the molecule is CCOc1ccccc1NC(=O)Cn1nc2c(Oc3ccccc3C)nc3ccccc3n2c1=O. The van der Waals surface area contributed by atoms with E-state index in [1.165, 1.54) is 4.40 Å². The number of rotatable bonds is 7. The van der Waals surface area contributed by atoms with Crippen molar-refractivity contribution < 1.29 is 14.3 Å². The summed E-state index contributed by atoms with van der Waals surface area (Å²) in [6.07, 6.45) is 0. The summed E-state index contributed by atoms with van der Waals surface area (Å²) in [5, 5.41) is 7.21. The van der Waals surface area contributed by atoms with E-state index < -0.39 is 11.6 Å². The first-order valence-electron chi connectivity index (χ1n) is 11.2. The zero-order valence-corrected chi connectivity index (χ0v) is 19.3. The van der Waals surface area contributed by atoms with Crippen LogP contribution in [-0.2, 0) is 11.3 Å². The number of nitrogens with zero attached hydrogens (tertiary/aromatic N) is 4. The molecule has 5 aromatic rings. The number of nitrogens with one attached hydrogen (secondary N) is 1. The molecule has 0 bridgehead atoms. The number of ether oxygens (including phenoxy) is 2. The van der Waals surface area contributed by atoms with Crippen molar-refractivity contribution in [3.05, 3.63) is 88.8 Å². The molecule has 2 heterocycles. The first kappa shape index (κ1) is 22.1. The zero-order chi connectivity index (χ0) is 24.4. The maximum absolute atomic E-state index is 13.3. The van der Waals surface area contributed by atoms with Crippen LogP contribution in [0.3, 0.4) is 0 Å². The minimum absolute atomic E-state index is 0.177. The molecule has 0 atom stereocenters. The molecule has 3 aromatic carbocycles. The van der Waals surface area contributed by atoms with Gasteiger partial charge in [-0.05, 0) is 49.7 Å². The third kappa shape index (κ3) is 4.31. The maximum Gasteiger partial charge on any atom is 0.351 e. The van der Waals surface area contributed by atoms with Gasteiger partial charge in [0.25, 0.3) is 5.88 Å². The van der Waals surface area contributed by atoms with Crippen LogP contribution in [0.15, 0.2) is 77.6 Å². The van der Waals surface area contributed by atoms with Crippen molar-refractivity contribution in [2.45, 2.75) is 20.4 Å². The summed E-state index contributed by atoms with van der Waals surface area (Å²) in [5.74, 6) is 0.913. The average molecular weight is 470 g/mol. The molecule has 176 valence electrons. The van der Waals surface area contributed by atoms with E-state index in [-0.39, 0.29) is 18.1 Å². The smallest absolute Gasteiger partial charge is 0.351 e. The molecule has 1 amide bonds. The highest BCUT2D eigenvalue weighted by atomic mass is 16.5. The molecule has 0 aliphatic rings. The standard InChI is InChI=1S/C26H23N5O4/c1-3-34-22-15-9-6-12-19(22)27-23(32)16-30-26(33)31-20-13-7-5-11-18(20)28-25(24(31)29-30)35-21-14-8-4-10-17(21)2/h4-15H,3,16H2,1-2H3,(H,27,32). The molecule has 0 saturated carbocycles. The van der Waals surface area contributed by atoms with Gasteiger partial charge in [0.2, 0.25) is 11.6 Å². The second kappa shape index (κ2) is 9.30. The lowest BCUT2D eigenvalue weighted by Gasteiger charge is -2.10. The van der Waals surface area contributed by atoms with Gasteiger partial charge in [0.05, 0.1) is 23.3 Å². The second-order valence-electron chi connectivity index (χ2n) is 7.85. The topological polar surface area (TPSA) is 99.8 Å². The summed E-state index contributed by atoms with van der Waals surface area (Å²) in [5.41, 5.74) is 2.32. The van der Waals surface area contributed by atoms with Gasteiger partial charge in [-0.1, -0.05) is 42.5 Å². The van der Waals surface area contributed by atoms with E-state index in [1.54, 1.807) is 30.3 Å². The van der Waals surface area contributed by atoms with E-state index in [2.05, 4.69) is 15.4 Å². The van der Waals surface area contributed by atoms with Crippen LogP contribution >= 0.6 is 0 Å². The Balaban J connectivity index is 1.54. The Hall–Kier alpha value is -4.66. The van der Waals surface area contributed by atoms with Crippen LogP contribution in [0.5, 0.6) is 17.4 Å². The first-order valence-corrected chi connectivity index (χ1v) is 11.2. The van der Waals surface area contributed by atoms with Crippen LogP contribution in [0.4, 0.5) is 5.69 Å². The van der Waals surface area contributed by atoms with Crippen molar-refractivity contribution in [1.29, 1.82) is 0 Å². The van der Waals surface area contributed by atoms with Crippen molar-refractivity contribution in [3.63, 3.8) is 0 Å². The van der Waals surface area contributed by atoms with E-state index in [1.807, 2.05) is 56.3 Å². The van der Waals surface area contributed by atoms with E-state index in [4.69, 9.17) is 9.47 Å². The van der Waals surface area contributed by atoms with Gasteiger partial charge in [0.15, 0.2) is 0 Å². The summed E-state index contributed by atoms with van der Waals surface area (Å²) in [7, 11) is 0. The quantitative estimate of drug-likeness (QED) is 0.384. The normalized spacial score (nSPS) is 11.0. The predicted octanol–water partition coefficient (Wildman–Crippen LogP) is 4.18. The van der Waals surface area contributed by atoms with Gasteiger partial charge in [0.1, 0.15) is 18.0 Å². The molecule has 0 spiro atoms. The minimum atomic E-state index is -0.471. The van der Waals surface area contributed by atoms with Crippen molar-refractivity contribution in [2.75, 3.05) is 11.9 Å². The van der Waals surface area contributed by atoms with Crippen LogP contribution in [0.25, 0.3) is 16.7 Å². The monoisotopic (exact) mass is 469 g/mol. The van der Waals surface area contributed by atoms with Gasteiger partial charge < -0.3 is 14.8 Å². The molecule has 0 saturated heterocycles. The first-order chi connectivity index (χ1) is 17.0. The third-order valence-electron chi connectivity index (χ3n) is 5.43.